The topological polar surface area (TPSA) is 40.5 Å². The van der Waals surface area contributed by atoms with Crippen LogP contribution in [0.25, 0.3) is 0 Å². The van der Waals surface area contributed by atoms with Crippen LogP contribution < -0.4 is 0 Å². The molecule has 3 rings (SSSR count). The molecular weight excluding hydrogens is 176 g/mol. The van der Waals surface area contributed by atoms with E-state index in [2.05, 4.69) is 18.7 Å². The summed E-state index contributed by atoms with van der Waals surface area (Å²) in [6.07, 6.45) is 8.43. The summed E-state index contributed by atoms with van der Waals surface area (Å²) < 4.78 is 0. The number of allylic oxidation sites excluding steroid dienone is 1. The highest BCUT2D eigenvalue weighted by Crippen LogP contribution is 2.47. The lowest BCUT2D eigenvalue weighted by Gasteiger charge is -2.48. The lowest BCUT2D eigenvalue weighted by molar-refractivity contribution is -0.0722. The molecule has 0 aromatic rings. The summed E-state index contributed by atoms with van der Waals surface area (Å²) in [5.74, 6) is 0.924. The van der Waals surface area contributed by atoms with Crippen molar-refractivity contribution < 1.29 is 10.2 Å². The molecule has 78 valence electrons. The molecule has 14 heavy (non-hydrogen) atoms. The highest BCUT2D eigenvalue weighted by Gasteiger charge is 2.46. The second-order valence-corrected chi connectivity index (χ2v) is 4.63. The van der Waals surface area contributed by atoms with Crippen molar-refractivity contribution in [2.24, 2.45) is 17.8 Å². The van der Waals surface area contributed by atoms with Gasteiger partial charge < -0.3 is 10.2 Å². The maximum atomic E-state index is 10.4. The molecule has 0 aliphatic heterocycles. The van der Waals surface area contributed by atoms with Crippen molar-refractivity contribution in [3.05, 3.63) is 24.8 Å². The van der Waals surface area contributed by atoms with E-state index < -0.39 is 5.60 Å². The zero-order valence-electron chi connectivity index (χ0n) is 8.39. The molecule has 2 bridgehead atoms. The molecule has 1 fully saturated rings. The molecule has 0 aromatic heterocycles. The third-order valence-electron chi connectivity index (χ3n) is 3.76. The number of fused-ring (bicyclic) bond motifs is 2. The van der Waals surface area contributed by atoms with Gasteiger partial charge in [0.1, 0.15) is 0 Å². The number of hydrogen-bond donors (Lipinski definition) is 2. The van der Waals surface area contributed by atoms with Crippen LogP contribution in [0.2, 0.25) is 0 Å². The van der Waals surface area contributed by atoms with Crippen molar-refractivity contribution >= 4 is 0 Å². The van der Waals surface area contributed by atoms with Crippen LogP contribution in [0, 0.1) is 17.8 Å². The average Bonchev–Trinajstić information content (AvgIpc) is 2.18. The summed E-state index contributed by atoms with van der Waals surface area (Å²) in [7, 11) is 0. The van der Waals surface area contributed by atoms with E-state index in [0.29, 0.717) is 18.3 Å². The minimum Gasteiger partial charge on any atom is -0.396 e. The average molecular weight is 194 g/mol. The van der Waals surface area contributed by atoms with Crippen LogP contribution in [-0.2, 0) is 0 Å². The zero-order valence-corrected chi connectivity index (χ0v) is 8.39. The first-order valence-corrected chi connectivity index (χ1v) is 5.32. The summed E-state index contributed by atoms with van der Waals surface area (Å²) in [6, 6.07) is 0. The quantitative estimate of drug-likeness (QED) is 0.668. The molecule has 2 nitrogen and oxygen atoms in total. The zero-order chi connectivity index (χ0) is 10.2. The van der Waals surface area contributed by atoms with Crippen LogP contribution in [0.15, 0.2) is 24.8 Å². The number of aliphatic hydroxyl groups excluding tert-OH is 1. The predicted molar refractivity (Wildman–Crippen MR) is 55.7 cm³/mol. The minimum atomic E-state index is -0.590. The molecule has 2 heteroatoms. The van der Waals surface area contributed by atoms with Gasteiger partial charge in [0.2, 0.25) is 0 Å². The number of rotatable bonds is 3. The molecular formula is C12H18O2. The van der Waals surface area contributed by atoms with Crippen LogP contribution in [0.4, 0.5) is 0 Å². The van der Waals surface area contributed by atoms with E-state index in [1.54, 1.807) is 6.08 Å². The molecule has 0 heterocycles. The lowest BCUT2D eigenvalue weighted by atomic mass is 9.60. The second-order valence-electron chi connectivity index (χ2n) is 4.63. The first kappa shape index (κ1) is 9.94. The van der Waals surface area contributed by atoms with Crippen molar-refractivity contribution in [2.75, 3.05) is 6.61 Å². The summed E-state index contributed by atoms with van der Waals surface area (Å²) in [6.45, 7) is 3.93. The molecule has 2 N–H and O–H groups in total. The Balaban J connectivity index is 2.16. The Hall–Kier alpha value is -0.600. The van der Waals surface area contributed by atoms with Gasteiger partial charge in [-0.05, 0) is 31.1 Å². The molecule has 4 atom stereocenters. The van der Waals surface area contributed by atoms with Gasteiger partial charge in [-0.3, -0.25) is 0 Å². The van der Waals surface area contributed by atoms with Gasteiger partial charge in [0, 0.05) is 12.5 Å². The van der Waals surface area contributed by atoms with E-state index in [1.807, 2.05) is 0 Å². The van der Waals surface area contributed by atoms with Crippen molar-refractivity contribution in [3.63, 3.8) is 0 Å². The molecule has 3 aliphatic carbocycles. The smallest absolute Gasteiger partial charge is 0.0750 e. The van der Waals surface area contributed by atoms with Crippen molar-refractivity contribution in [2.45, 2.75) is 24.9 Å². The molecule has 0 saturated heterocycles. The van der Waals surface area contributed by atoms with E-state index in [1.165, 1.54) is 0 Å². The van der Waals surface area contributed by atoms with Crippen molar-refractivity contribution in [1.82, 2.24) is 0 Å². The van der Waals surface area contributed by atoms with Gasteiger partial charge in [-0.25, -0.2) is 0 Å². The van der Waals surface area contributed by atoms with Gasteiger partial charge in [0.05, 0.1) is 5.60 Å². The normalized spacial score (nSPS) is 45.4. The predicted octanol–water partition coefficient (Wildman–Crippen LogP) is 1.50. The third-order valence-corrected chi connectivity index (χ3v) is 3.76. The van der Waals surface area contributed by atoms with Gasteiger partial charge in [-0.2, -0.15) is 0 Å². The fourth-order valence-corrected chi connectivity index (χ4v) is 2.90. The second kappa shape index (κ2) is 3.52. The Morgan fingerprint density at radius 2 is 2.29 bits per heavy atom. The lowest BCUT2D eigenvalue weighted by Crippen LogP contribution is -2.48. The Morgan fingerprint density at radius 3 is 2.79 bits per heavy atom. The van der Waals surface area contributed by atoms with Crippen LogP contribution >= 0.6 is 0 Å². The van der Waals surface area contributed by atoms with Crippen LogP contribution in [-0.4, -0.2) is 22.4 Å². The standard InChI is InChI=1S/C12H18O2/c1-2-5-12(14)7-9-3-4-11(12)6-10(9)8-13/h2-4,9-11,13-14H,1,5-8H2/t9-,10+,11-,12-/m1/s1. The maximum Gasteiger partial charge on any atom is 0.0750 e. The summed E-state index contributed by atoms with van der Waals surface area (Å²) in [5.41, 5.74) is -0.590. The number of hydrogen-bond acceptors (Lipinski definition) is 2. The summed E-state index contributed by atoms with van der Waals surface area (Å²) in [4.78, 5) is 0. The Kier molecular flexibility index (Phi) is 2.50. The molecule has 0 spiro atoms. The van der Waals surface area contributed by atoms with Crippen LogP contribution in [0.3, 0.4) is 0 Å². The molecule has 0 radical (unpaired) electrons. The SMILES string of the molecule is C=CC[C@@]1(O)C[C@H]2C=C[C@@H]1C[C@H]2CO. The fourth-order valence-electron chi connectivity index (χ4n) is 2.90. The van der Waals surface area contributed by atoms with E-state index in [-0.39, 0.29) is 12.5 Å². The van der Waals surface area contributed by atoms with Gasteiger partial charge in [0.25, 0.3) is 0 Å². The van der Waals surface area contributed by atoms with Crippen LogP contribution in [0.5, 0.6) is 0 Å². The molecule has 0 unspecified atom stereocenters. The Morgan fingerprint density at radius 1 is 1.50 bits per heavy atom. The molecule has 3 aliphatic rings. The minimum absolute atomic E-state index is 0.211. The number of aliphatic hydroxyl groups is 2. The molecule has 1 saturated carbocycles. The van der Waals surface area contributed by atoms with Gasteiger partial charge in [-0.15, -0.1) is 6.58 Å². The fraction of sp³-hybridized carbons (Fsp3) is 0.667. The van der Waals surface area contributed by atoms with Gasteiger partial charge >= 0.3 is 0 Å². The van der Waals surface area contributed by atoms with Crippen molar-refractivity contribution in [3.8, 4) is 0 Å². The van der Waals surface area contributed by atoms with E-state index >= 15 is 0 Å². The Bertz CT molecular complexity index is 259. The summed E-state index contributed by atoms with van der Waals surface area (Å²) >= 11 is 0. The van der Waals surface area contributed by atoms with E-state index in [4.69, 9.17) is 0 Å². The van der Waals surface area contributed by atoms with E-state index in [9.17, 15) is 10.2 Å². The highest BCUT2D eigenvalue weighted by molar-refractivity contribution is 5.15. The first-order valence-electron chi connectivity index (χ1n) is 5.32. The summed E-state index contributed by atoms with van der Waals surface area (Å²) in [5, 5.41) is 19.5. The van der Waals surface area contributed by atoms with Gasteiger partial charge in [0.15, 0.2) is 0 Å². The van der Waals surface area contributed by atoms with Crippen LogP contribution in [0.1, 0.15) is 19.3 Å². The first-order chi connectivity index (χ1) is 6.69. The van der Waals surface area contributed by atoms with Crippen molar-refractivity contribution in [1.29, 1.82) is 0 Å². The monoisotopic (exact) mass is 194 g/mol. The molecule has 0 amide bonds. The Labute approximate surface area is 85.0 Å². The highest BCUT2D eigenvalue weighted by atomic mass is 16.3. The van der Waals surface area contributed by atoms with Gasteiger partial charge in [-0.1, -0.05) is 18.2 Å². The maximum absolute atomic E-state index is 10.4. The largest absolute Gasteiger partial charge is 0.396 e. The third kappa shape index (κ3) is 1.43. The molecule has 0 aromatic carbocycles. The van der Waals surface area contributed by atoms with E-state index in [0.717, 1.165) is 12.8 Å².